The molecule has 1 amide bonds. The molecule has 6 nitrogen and oxygen atoms in total. The van der Waals surface area contributed by atoms with E-state index in [9.17, 15) is 9.90 Å². The summed E-state index contributed by atoms with van der Waals surface area (Å²) in [5.41, 5.74) is 4.80. The van der Waals surface area contributed by atoms with E-state index in [2.05, 4.69) is 27.5 Å². The predicted molar refractivity (Wildman–Crippen MR) is 111 cm³/mol. The second-order valence-corrected chi connectivity index (χ2v) is 7.77. The monoisotopic (exact) mass is 390 g/mol. The Morgan fingerprint density at radius 1 is 1.21 bits per heavy atom. The number of nitrogens with one attached hydrogen (secondary N) is 1. The van der Waals surface area contributed by atoms with Crippen molar-refractivity contribution in [2.75, 3.05) is 0 Å². The number of aryl methyl sites for hydroxylation is 1. The van der Waals surface area contributed by atoms with Crippen LogP contribution >= 0.6 is 0 Å². The molecule has 29 heavy (non-hydrogen) atoms. The van der Waals surface area contributed by atoms with E-state index in [4.69, 9.17) is 0 Å². The van der Waals surface area contributed by atoms with Crippen LogP contribution in [0, 0.1) is 6.92 Å². The molecule has 1 fully saturated rings. The van der Waals surface area contributed by atoms with Crippen LogP contribution in [0.4, 0.5) is 0 Å². The van der Waals surface area contributed by atoms with Gasteiger partial charge < -0.3 is 10.4 Å². The molecule has 0 spiro atoms. The molecule has 2 heterocycles. The number of amides is 1. The van der Waals surface area contributed by atoms with E-state index < -0.39 is 0 Å². The highest BCUT2D eigenvalue weighted by Gasteiger charge is 2.22. The van der Waals surface area contributed by atoms with Gasteiger partial charge in [-0.25, -0.2) is 4.68 Å². The summed E-state index contributed by atoms with van der Waals surface area (Å²) >= 11 is 0. The summed E-state index contributed by atoms with van der Waals surface area (Å²) in [7, 11) is 0. The summed E-state index contributed by atoms with van der Waals surface area (Å²) in [6.45, 7) is 2.02. The summed E-state index contributed by atoms with van der Waals surface area (Å²) in [6.07, 6.45) is 9.07. The summed E-state index contributed by atoms with van der Waals surface area (Å²) in [6, 6.07) is 12.2. The minimum atomic E-state index is -0.230. The van der Waals surface area contributed by atoms with E-state index in [0.717, 1.165) is 48.9 Å². The smallest absolute Gasteiger partial charge is 0.270 e. The number of benzene rings is 1. The van der Waals surface area contributed by atoms with Crippen LogP contribution in [0.1, 0.15) is 52.9 Å². The molecule has 4 rings (SSSR count). The Hall–Kier alpha value is -2.99. The molecule has 1 aliphatic carbocycles. The number of pyridine rings is 1. The first kappa shape index (κ1) is 19.3. The van der Waals surface area contributed by atoms with E-state index >= 15 is 0 Å². The van der Waals surface area contributed by atoms with Gasteiger partial charge in [-0.1, -0.05) is 12.1 Å². The maximum atomic E-state index is 12.6. The molecule has 6 heteroatoms. The minimum Gasteiger partial charge on any atom is -0.393 e. The molecule has 1 aliphatic rings. The normalized spacial score (nSPS) is 19.1. The summed E-state index contributed by atoms with van der Waals surface area (Å²) in [5, 5.41) is 16.9. The Bertz CT molecular complexity index is 959. The fraction of sp³-hybridized carbons (Fsp3) is 0.348. The molecular formula is C23H26N4O2. The van der Waals surface area contributed by atoms with E-state index in [1.807, 2.05) is 42.1 Å². The summed E-state index contributed by atoms with van der Waals surface area (Å²) in [4.78, 5) is 17.0. The van der Waals surface area contributed by atoms with Crippen LogP contribution in [-0.4, -0.2) is 37.9 Å². The maximum Gasteiger partial charge on any atom is 0.270 e. The minimum absolute atomic E-state index is 0.118. The zero-order chi connectivity index (χ0) is 20.2. The first-order valence-electron chi connectivity index (χ1n) is 10.1. The van der Waals surface area contributed by atoms with Crippen molar-refractivity contribution < 1.29 is 9.90 Å². The van der Waals surface area contributed by atoms with Gasteiger partial charge in [0.25, 0.3) is 5.91 Å². The highest BCUT2D eigenvalue weighted by molar-refractivity contribution is 5.92. The molecule has 0 bridgehead atoms. The lowest BCUT2D eigenvalue weighted by molar-refractivity contribution is 0.0863. The van der Waals surface area contributed by atoms with Gasteiger partial charge in [0.05, 0.1) is 11.8 Å². The highest BCUT2D eigenvalue weighted by Crippen LogP contribution is 2.20. The van der Waals surface area contributed by atoms with Gasteiger partial charge in [0.2, 0.25) is 0 Å². The van der Waals surface area contributed by atoms with Gasteiger partial charge in [0.15, 0.2) is 0 Å². The van der Waals surface area contributed by atoms with Gasteiger partial charge in [-0.05, 0) is 80.0 Å². The molecule has 1 aromatic carbocycles. The van der Waals surface area contributed by atoms with Crippen molar-refractivity contribution in [3.63, 3.8) is 0 Å². The van der Waals surface area contributed by atoms with Gasteiger partial charge >= 0.3 is 0 Å². The van der Waals surface area contributed by atoms with Crippen molar-refractivity contribution in [3.8, 4) is 5.69 Å². The molecule has 150 valence electrons. The number of hydrogen-bond donors (Lipinski definition) is 2. The van der Waals surface area contributed by atoms with Crippen molar-refractivity contribution in [2.45, 2.75) is 51.2 Å². The number of aliphatic hydroxyl groups excluding tert-OH is 1. The topological polar surface area (TPSA) is 80.0 Å². The molecule has 2 N–H and O–H groups in total. The quantitative estimate of drug-likeness (QED) is 0.701. The molecule has 0 aliphatic heterocycles. The fourth-order valence-corrected chi connectivity index (χ4v) is 3.77. The van der Waals surface area contributed by atoms with Crippen LogP contribution in [0.5, 0.6) is 0 Å². The number of carbonyl (C=O) groups is 1. The van der Waals surface area contributed by atoms with Gasteiger partial charge in [0, 0.05) is 24.6 Å². The Morgan fingerprint density at radius 3 is 2.66 bits per heavy atom. The third kappa shape index (κ3) is 4.71. The number of hydrogen-bond acceptors (Lipinski definition) is 4. The van der Waals surface area contributed by atoms with Crippen LogP contribution in [0.2, 0.25) is 0 Å². The van der Waals surface area contributed by atoms with Crippen molar-refractivity contribution in [1.29, 1.82) is 0 Å². The number of aromatic nitrogens is 3. The van der Waals surface area contributed by atoms with Crippen LogP contribution in [0.15, 0.2) is 55.0 Å². The Morgan fingerprint density at radius 2 is 1.97 bits per heavy atom. The molecular weight excluding hydrogens is 364 g/mol. The molecule has 1 saturated carbocycles. The van der Waals surface area contributed by atoms with Crippen molar-refractivity contribution in [2.24, 2.45) is 0 Å². The Balaban J connectivity index is 1.44. The van der Waals surface area contributed by atoms with E-state index in [0.29, 0.717) is 5.69 Å². The first-order chi connectivity index (χ1) is 14.1. The lowest BCUT2D eigenvalue weighted by Crippen LogP contribution is -2.38. The SMILES string of the molecule is Cc1cnc(C(=O)NC2CCC(O)CC2)cc1Cc1ccc(-n2cccn2)cc1. The summed E-state index contributed by atoms with van der Waals surface area (Å²) < 4.78 is 1.83. The van der Waals surface area contributed by atoms with E-state index in [1.165, 1.54) is 5.56 Å². The average Bonchev–Trinajstić information content (AvgIpc) is 3.27. The van der Waals surface area contributed by atoms with Crippen molar-refractivity contribution in [1.82, 2.24) is 20.1 Å². The number of carbonyl (C=O) groups excluding carboxylic acids is 1. The number of aliphatic hydroxyl groups is 1. The lowest BCUT2D eigenvalue weighted by atomic mass is 9.93. The van der Waals surface area contributed by atoms with Crippen molar-refractivity contribution in [3.05, 3.63) is 77.4 Å². The highest BCUT2D eigenvalue weighted by atomic mass is 16.3. The Kier molecular flexibility index (Phi) is 5.71. The lowest BCUT2D eigenvalue weighted by Gasteiger charge is -2.26. The van der Waals surface area contributed by atoms with Gasteiger partial charge in [-0.2, -0.15) is 5.10 Å². The van der Waals surface area contributed by atoms with Crippen LogP contribution in [0.25, 0.3) is 5.69 Å². The maximum absolute atomic E-state index is 12.6. The van der Waals surface area contributed by atoms with Gasteiger partial charge in [0.1, 0.15) is 5.69 Å². The van der Waals surface area contributed by atoms with Crippen LogP contribution < -0.4 is 5.32 Å². The molecule has 0 radical (unpaired) electrons. The van der Waals surface area contributed by atoms with E-state index in [1.54, 1.807) is 12.4 Å². The first-order valence-corrected chi connectivity index (χ1v) is 10.1. The number of nitrogens with zero attached hydrogens (tertiary/aromatic N) is 3. The van der Waals surface area contributed by atoms with Gasteiger partial charge in [-0.15, -0.1) is 0 Å². The zero-order valence-corrected chi connectivity index (χ0v) is 16.6. The third-order valence-corrected chi connectivity index (χ3v) is 5.58. The standard InChI is InChI=1S/C23H26N4O2/c1-16-15-24-22(23(29)26-19-5-9-21(28)10-6-19)14-18(16)13-17-3-7-20(8-4-17)27-12-2-11-25-27/h2-4,7-8,11-12,14-15,19,21,28H,5-6,9-10,13H2,1H3,(H,26,29). The average molecular weight is 390 g/mol. The predicted octanol–water partition coefficient (Wildman–Crippen LogP) is 3.20. The number of rotatable bonds is 5. The fourth-order valence-electron chi connectivity index (χ4n) is 3.77. The molecule has 0 saturated heterocycles. The van der Waals surface area contributed by atoms with E-state index in [-0.39, 0.29) is 18.1 Å². The molecule has 3 aromatic rings. The van der Waals surface area contributed by atoms with Crippen LogP contribution in [0.3, 0.4) is 0 Å². The molecule has 2 aromatic heterocycles. The van der Waals surface area contributed by atoms with Gasteiger partial charge in [-0.3, -0.25) is 9.78 Å². The second kappa shape index (κ2) is 8.57. The van der Waals surface area contributed by atoms with Crippen LogP contribution in [-0.2, 0) is 6.42 Å². The third-order valence-electron chi connectivity index (χ3n) is 5.58. The zero-order valence-electron chi connectivity index (χ0n) is 16.6. The largest absolute Gasteiger partial charge is 0.393 e. The Labute approximate surface area is 170 Å². The van der Waals surface area contributed by atoms with Crippen molar-refractivity contribution >= 4 is 5.91 Å². The summed E-state index contributed by atoms with van der Waals surface area (Å²) in [5.74, 6) is -0.137. The molecule has 0 atom stereocenters. The second-order valence-electron chi connectivity index (χ2n) is 7.77. The molecule has 0 unspecified atom stereocenters.